The van der Waals surface area contributed by atoms with Gasteiger partial charge in [-0.2, -0.15) is 0 Å². The quantitative estimate of drug-likeness (QED) is 0.587. The summed E-state index contributed by atoms with van der Waals surface area (Å²) in [7, 11) is 0. The molecule has 1 spiro atoms. The number of fused-ring (bicyclic) bond motifs is 10. The van der Waals surface area contributed by atoms with Crippen LogP contribution in [0.25, 0.3) is 0 Å². The molecule has 0 saturated carbocycles. The molecule has 0 aromatic heterocycles. The molecule has 0 amide bonds. The summed E-state index contributed by atoms with van der Waals surface area (Å²) < 4.78 is 1.12. The van der Waals surface area contributed by atoms with Crippen LogP contribution < -0.4 is 0 Å². The summed E-state index contributed by atoms with van der Waals surface area (Å²) in [6.45, 7) is -1.19. The molecule has 0 N–H and O–H groups in total. The van der Waals surface area contributed by atoms with Crippen molar-refractivity contribution < 1.29 is 11.3 Å². The third-order valence-corrected chi connectivity index (χ3v) is 59.8. The molecule has 10 aliphatic rings. The fraction of sp³-hybridized carbons (Fsp3) is 0.632. The van der Waals surface area contributed by atoms with Gasteiger partial charge in [-0.15, -0.1) is 0 Å². The van der Waals surface area contributed by atoms with E-state index >= 15 is 0 Å². The van der Waals surface area contributed by atoms with Gasteiger partial charge in [0.05, 0.1) is 0 Å². The molecular weight excluding hydrogens is 300 g/mol. The number of benzene rings is 1. The number of rotatable bonds is 3. The van der Waals surface area contributed by atoms with Crippen LogP contribution in [0, 0.1) is 0 Å². The fourth-order valence-corrected chi connectivity index (χ4v) is 94.2. The Hall–Kier alpha value is -0.591. The molecule has 1 nitrogen and oxygen atoms in total. The Balaban J connectivity index is 1.43. The normalized spacial score (nSPS) is 102. The second-order valence-corrected chi connectivity index (χ2v) is 35.2. The topological polar surface area (TPSA) is 17.1 Å². The third kappa shape index (κ3) is 0.0969. The molecule has 8 atom stereocenters. The van der Waals surface area contributed by atoms with Crippen LogP contribution >= 0.6 is 0 Å². The molecule has 10 aliphatic heterocycles. The summed E-state index contributed by atoms with van der Waals surface area (Å²) in [5.74, 6) is 0. The van der Waals surface area contributed by atoms with Crippen LogP contribution in [0.4, 0.5) is 0 Å². The third-order valence-electron chi connectivity index (χ3n) is 16.9. The van der Waals surface area contributed by atoms with Gasteiger partial charge in [-0.1, -0.05) is 0 Å². The van der Waals surface area contributed by atoms with Gasteiger partial charge >= 0.3 is 113 Å². The SMILES string of the molecule is CCc1ccc([C]23[CH]4[CH]5[CH]6[CH]2[Fe]56432789[CH]3[CH]2[CH]7[C]8(C=O)[CH]39)cc1. The number of hydrogen-bond acceptors (Lipinski definition) is 1. The molecule has 0 aliphatic carbocycles. The van der Waals surface area contributed by atoms with E-state index in [1.165, 1.54) is 24.8 Å². The standard InChI is InChI=1S/C13H13.C6H5O.Fe/c1-2-11-7-9-13(10-8-11)12-5-3-4-6-12;7-5-6-3-1-2-4-6;/h3-10H,2H2,1H3;1-5H;. The Morgan fingerprint density at radius 1 is 1.00 bits per heavy atom. The molecule has 10 fully saturated rings. The Morgan fingerprint density at radius 3 is 1.95 bits per heavy atom. The van der Waals surface area contributed by atoms with Gasteiger partial charge in [0, 0.05) is 0 Å². The van der Waals surface area contributed by atoms with E-state index in [0.717, 1.165) is 25.7 Å². The van der Waals surface area contributed by atoms with Gasteiger partial charge in [-0.3, -0.25) is 0 Å². The molecule has 0 radical (unpaired) electrons. The van der Waals surface area contributed by atoms with E-state index in [4.69, 9.17) is 0 Å². The van der Waals surface area contributed by atoms with Crippen molar-refractivity contribution in [1.82, 2.24) is 0 Å². The van der Waals surface area contributed by atoms with Gasteiger partial charge in [0.1, 0.15) is 0 Å². The van der Waals surface area contributed by atoms with E-state index < -0.39 is 6.51 Å². The molecule has 2 heteroatoms. The van der Waals surface area contributed by atoms with Gasteiger partial charge in [-0.25, -0.2) is 0 Å². The fourth-order valence-electron chi connectivity index (χ4n) is 18.8. The van der Waals surface area contributed by atoms with Gasteiger partial charge in [0.15, 0.2) is 0 Å². The van der Waals surface area contributed by atoms with E-state index in [1.807, 2.05) is 0 Å². The number of hydrogen-bond donors (Lipinski definition) is 0. The monoisotopic (exact) mass is 318 g/mol. The Bertz CT molecular complexity index is 1280. The van der Waals surface area contributed by atoms with Gasteiger partial charge in [-0.05, 0) is 0 Å². The Morgan fingerprint density at radius 2 is 1.57 bits per heavy atom. The van der Waals surface area contributed by atoms with Gasteiger partial charge in [0.2, 0.25) is 0 Å². The first-order chi connectivity index (χ1) is 10.0. The number of carbonyl (C=O) groups excluding carboxylic acids is 1. The number of aryl methyl sites for hydroxylation is 1. The van der Waals surface area contributed by atoms with Crippen molar-refractivity contribution in [1.29, 1.82) is 0 Å². The van der Waals surface area contributed by atoms with Gasteiger partial charge < -0.3 is 0 Å². The van der Waals surface area contributed by atoms with E-state index in [2.05, 4.69) is 31.2 Å². The first kappa shape index (κ1) is 8.31. The Labute approximate surface area is 113 Å². The maximum atomic E-state index is 12.3. The average Bonchev–Trinajstić information content (AvgIpc) is 3.47. The van der Waals surface area contributed by atoms with Gasteiger partial charge in [0.25, 0.3) is 0 Å². The van der Waals surface area contributed by atoms with E-state index in [0.29, 0.717) is 8.63 Å². The molecule has 11 rings (SSSR count). The van der Waals surface area contributed by atoms with Crippen LogP contribution in [-0.2, 0) is 22.0 Å². The minimum absolute atomic E-state index is 0.415. The summed E-state index contributed by atoms with van der Waals surface area (Å²) in [4.78, 5) is 21.6. The first-order valence-corrected chi connectivity index (χ1v) is 15.0. The van der Waals surface area contributed by atoms with Crippen molar-refractivity contribution in [3.05, 3.63) is 35.4 Å². The summed E-state index contributed by atoms with van der Waals surface area (Å²) in [6, 6.07) is 9.82. The van der Waals surface area contributed by atoms with Crippen molar-refractivity contribution in [2.75, 3.05) is 0 Å². The van der Waals surface area contributed by atoms with Crippen molar-refractivity contribution in [2.45, 2.75) is 60.5 Å². The molecule has 21 heavy (non-hydrogen) atoms. The summed E-state index contributed by atoms with van der Waals surface area (Å²) >= 11 is 0. The van der Waals surface area contributed by atoms with Crippen LogP contribution in [0.15, 0.2) is 24.3 Å². The predicted molar refractivity (Wildman–Crippen MR) is 76.3 cm³/mol. The molecule has 10 saturated heterocycles. The number of carbonyl (C=O) groups is 1. The van der Waals surface area contributed by atoms with Crippen LogP contribution in [-0.4, -0.2) is 6.29 Å². The van der Waals surface area contributed by atoms with E-state index in [-0.39, 0.29) is 0 Å². The van der Waals surface area contributed by atoms with Crippen molar-refractivity contribution >= 4 is 6.29 Å². The van der Waals surface area contributed by atoms with Crippen molar-refractivity contribution in [2.24, 2.45) is 0 Å². The second kappa shape index (κ2) is 0.770. The zero-order chi connectivity index (χ0) is 13.3. The van der Waals surface area contributed by atoms with E-state index in [1.54, 1.807) is 11.8 Å². The molecule has 10 heterocycles. The maximum absolute atomic E-state index is 12.3. The van der Waals surface area contributed by atoms with Crippen LogP contribution in [0.2, 0.25) is 42.8 Å². The first-order valence-electron chi connectivity index (χ1n) is 8.80. The van der Waals surface area contributed by atoms with Crippen molar-refractivity contribution in [3.63, 3.8) is 0 Å². The summed E-state index contributed by atoms with van der Waals surface area (Å²) in [5, 5.41) is 0. The molecule has 0 bridgehead atoms. The average molecular weight is 318 g/mol. The Kier molecular flexibility index (Phi) is 0.305. The van der Waals surface area contributed by atoms with Crippen molar-refractivity contribution in [3.8, 4) is 0 Å². The van der Waals surface area contributed by atoms with Crippen LogP contribution in [0.1, 0.15) is 18.1 Å². The summed E-state index contributed by atoms with van der Waals surface area (Å²) in [5.41, 5.74) is 3.22. The van der Waals surface area contributed by atoms with Crippen LogP contribution in [0.3, 0.4) is 0 Å². The minimum atomic E-state index is -3.44. The molecule has 8 unspecified atom stereocenters. The zero-order valence-electron chi connectivity index (χ0n) is 12.0. The predicted octanol–water partition coefficient (Wildman–Crippen LogP) is 4.61. The molecule has 1 aromatic rings. The molecule has 1 aromatic carbocycles. The molecule has 108 valence electrons. The summed E-state index contributed by atoms with van der Waals surface area (Å²) in [6.07, 6.45) is 2.75. The zero-order valence-corrected chi connectivity index (χ0v) is 13.1. The second-order valence-electron chi connectivity index (χ2n) is 12.0. The number of aldehydes is 1. The van der Waals surface area contributed by atoms with E-state index in [9.17, 15) is 4.79 Å². The van der Waals surface area contributed by atoms with Crippen LogP contribution in [0.5, 0.6) is 0 Å². The molecular formula is C19H18FeO.